The molecule has 0 aliphatic heterocycles. The molecule has 1 aromatic carbocycles. The molecule has 0 saturated carbocycles. The molecular weight excluding hydrogens is 306 g/mol. The van der Waals surface area contributed by atoms with Crippen LogP contribution in [0.3, 0.4) is 0 Å². The zero-order valence-corrected chi connectivity index (χ0v) is 12.6. The summed E-state index contributed by atoms with van der Waals surface area (Å²) in [5.41, 5.74) is 1.94. The highest BCUT2D eigenvalue weighted by molar-refractivity contribution is 7.88. The van der Waals surface area contributed by atoms with E-state index in [2.05, 4.69) is 10.1 Å². The predicted octanol–water partition coefficient (Wildman–Crippen LogP) is 1.30. The van der Waals surface area contributed by atoms with Crippen molar-refractivity contribution in [1.29, 1.82) is 0 Å². The molecule has 0 aliphatic rings. The third-order valence-corrected chi connectivity index (χ3v) is 3.41. The van der Waals surface area contributed by atoms with Gasteiger partial charge in [-0.25, -0.2) is 13.6 Å². The van der Waals surface area contributed by atoms with Crippen molar-refractivity contribution in [1.82, 2.24) is 10.1 Å². The Labute approximate surface area is 126 Å². The van der Waals surface area contributed by atoms with Crippen LogP contribution in [0.1, 0.15) is 11.3 Å². The lowest BCUT2D eigenvalue weighted by atomic mass is 10.2. The Kier molecular flexibility index (Phi) is 4.74. The lowest BCUT2D eigenvalue weighted by Gasteiger charge is -1.92. The quantitative estimate of drug-likeness (QED) is 0.737. The molecule has 0 radical (unpaired) electrons. The van der Waals surface area contributed by atoms with Gasteiger partial charge in [0.25, 0.3) is 0 Å². The third-order valence-electron chi connectivity index (χ3n) is 2.73. The van der Waals surface area contributed by atoms with Gasteiger partial charge in [0.15, 0.2) is 5.58 Å². The number of sulfonamides is 1. The van der Waals surface area contributed by atoms with Crippen molar-refractivity contribution in [2.24, 2.45) is 5.14 Å². The second-order valence-corrected chi connectivity index (χ2v) is 6.28. The van der Waals surface area contributed by atoms with Crippen LogP contribution in [0.2, 0.25) is 0 Å². The van der Waals surface area contributed by atoms with Gasteiger partial charge in [0.1, 0.15) is 11.4 Å². The number of hydrogen-bond donors (Lipinski definition) is 2. The second-order valence-electron chi connectivity index (χ2n) is 4.66. The van der Waals surface area contributed by atoms with E-state index in [0.717, 1.165) is 5.56 Å². The summed E-state index contributed by atoms with van der Waals surface area (Å²) in [6, 6.07) is 10.3. The number of nitrogens with zero attached hydrogens (tertiary/aromatic N) is 1. The predicted molar refractivity (Wildman–Crippen MR) is 82.6 cm³/mol. The molecule has 2 aromatic heterocycles. The number of rotatable bonds is 2. The number of pyridine rings is 1. The number of primary sulfonamides is 1. The van der Waals surface area contributed by atoms with Crippen molar-refractivity contribution < 1.29 is 12.9 Å². The fourth-order valence-electron chi connectivity index (χ4n) is 1.72. The van der Waals surface area contributed by atoms with Crippen LogP contribution in [-0.4, -0.2) is 18.6 Å². The number of nitrogens with one attached hydrogen (secondary N) is 1. The molecule has 0 saturated heterocycles. The van der Waals surface area contributed by atoms with Crippen molar-refractivity contribution in [3.63, 3.8) is 0 Å². The van der Waals surface area contributed by atoms with Crippen LogP contribution in [-0.2, 0) is 15.8 Å². The Balaban J connectivity index is 0.000000188. The summed E-state index contributed by atoms with van der Waals surface area (Å²) in [5.74, 6) is -0.302. The Bertz CT molecular complexity index is 908. The standard InChI is InChI=1S/C8H8N2O3S.C6H7NO/c9-14(11,12)5-7-6-3-1-2-4-8(6)13-10-7;1-5-2-3-6(8)7-4-5/h1-4H,5H2,(H2,9,11,12);2-4H,1H3,(H,7,8). The van der Waals surface area contributed by atoms with Crippen molar-refractivity contribution in [3.05, 3.63) is 64.2 Å². The molecule has 2 heterocycles. The number of para-hydroxylation sites is 1. The van der Waals surface area contributed by atoms with Crippen molar-refractivity contribution in [2.75, 3.05) is 0 Å². The molecular formula is C14H15N3O4S. The molecule has 3 N–H and O–H groups in total. The molecule has 0 fully saturated rings. The van der Waals surface area contributed by atoms with Gasteiger partial charge >= 0.3 is 0 Å². The van der Waals surface area contributed by atoms with Gasteiger partial charge in [0.05, 0.1) is 0 Å². The Hall–Kier alpha value is -2.45. The Morgan fingerprint density at radius 3 is 2.55 bits per heavy atom. The zero-order chi connectivity index (χ0) is 16.2. The molecule has 3 rings (SSSR count). The van der Waals surface area contributed by atoms with E-state index in [9.17, 15) is 13.2 Å². The normalized spacial score (nSPS) is 11.0. The molecule has 0 spiro atoms. The van der Waals surface area contributed by atoms with Crippen molar-refractivity contribution in [3.8, 4) is 0 Å². The highest BCUT2D eigenvalue weighted by Crippen LogP contribution is 2.18. The first-order chi connectivity index (χ1) is 10.3. The molecule has 7 nitrogen and oxygen atoms in total. The molecule has 0 unspecified atom stereocenters. The maximum Gasteiger partial charge on any atom is 0.247 e. The monoisotopic (exact) mass is 321 g/mol. The first kappa shape index (κ1) is 15.9. The van der Waals surface area contributed by atoms with Crippen LogP contribution in [0, 0.1) is 6.92 Å². The summed E-state index contributed by atoms with van der Waals surface area (Å²) in [7, 11) is -3.56. The van der Waals surface area contributed by atoms with E-state index in [1.165, 1.54) is 6.07 Å². The topological polar surface area (TPSA) is 119 Å². The number of aromatic nitrogens is 2. The summed E-state index contributed by atoms with van der Waals surface area (Å²) < 4.78 is 26.6. The van der Waals surface area contributed by atoms with E-state index >= 15 is 0 Å². The van der Waals surface area contributed by atoms with Crippen LogP contribution < -0.4 is 10.7 Å². The van der Waals surface area contributed by atoms with Crippen LogP contribution in [0.15, 0.2) is 51.9 Å². The zero-order valence-electron chi connectivity index (χ0n) is 11.8. The van der Waals surface area contributed by atoms with Crippen molar-refractivity contribution >= 4 is 21.0 Å². The van der Waals surface area contributed by atoms with E-state index in [0.29, 0.717) is 16.7 Å². The summed E-state index contributed by atoms with van der Waals surface area (Å²) in [6.45, 7) is 1.93. The Morgan fingerprint density at radius 1 is 1.23 bits per heavy atom. The molecule has 116 valence electrons. The van der Waals surface area contributed by atoms with Gasteiger partial charge in [-0.05, 0) is 24.6 Å². The van der Waals surface area contributed by atoms with Gasteiger partial charge in [0, 0.05) is 17.6 Å². The first-order valence-corrected chi connectivity index (χ1v) is 8.06. The minimum absolute atomic E-state index is 0.0457. The second kappa shape index (κ2) is 6.54. The number of hydrogen-bond acceptors (Lipinski definition) is 5. The fourth-order valence-corrected chi connectivity index (χ4v) is 2.31. The van der Waals surface area contributed by atoms with Crippen LogP contribution in [0.5, 0.6) is 0 Å². The largest absolute Gasteiger partial charge is 0.356 e. The Morgan fingerprint density at radius 2 is 1.95 bits per heavy atom. The summed E-state index contributed by atoms with van der Waals surface area (Å²) >= 11 is 0. The number of benzene rings is 1. The van der Waals surface area contributed by atoms with Gasteiger partial charge in [-0.1, -0.05) is 23.4 Å². The third kappa shape index (κ3) is 4.54. The lowest BCUT2D eigenvalue weighted by Crippen LogP contribution is -2.14. The molecule has 0 amide bonds. The molecule has 0 aliphatic carbocycles. The van der Waals surface area contributed by atoms with Gasteiger partial charge in [0.2, 0.25) is 15.6 Å². The summed E-state index contributed by atoms with van der Waals surface area (Å²) in [6.07, 6.45) is 1.68. The minimum Gasteiger partial charge on any atom is -0.356 e. The maximum absolute atomic E-state index is 10.8. The molecule has 0 atom stereocenters. The number of fused-ring (bicyclic) bond motifs is 1. The molecule has 3 aromatic rings. The van der Waals surface area contributed by atoms with Crippen molar-refractivity contribution in [2.45, 2.75) is 12.7 Å². The van der Waals surface area contributed by atoms with E-state index in [-0.39, 0.29) is 11.3 Å². The SMILES string of the molecule is Cc1ccc(=O)[nH]c1.NS(=O)(=O)Cc1noc2ccccc12. The van der Waals surface area contributed by atoms with E-state index in [4.69, 9.17) is 9.66 Å². The first-order valence-electron chi connectivity index (χ1n) is 6.34. The van der Waals surface area contributed by atoms with Gasteiger partial charge < -0.3 is 9.51 Å². The average Bonchev–Trinajstić information content (AvgIpc) is 2.84. The van der Waals surface area contributed by atoms with Gasteiger partial charge in [-0.2, -0.15) is 0 Å². The summed E-state index contributed by atoms with van der Waals surface area (Å²) in [4.78, 5) is 12.9. The maximum atomic E-state index is 10.8. The van der Waals surface area contributed by atoms with Gasteiger partial charge in [-0.3, -0.25) is 4.79 Å². The molecule has 22 heavy (non-hydrogen) atoms. The minimum atomic E-state index is -3.56. The van der Waals surface area contributed by atoms with Crippen LogP contribution in [0.4, 0.5) is 0 Å². The number of nitrogens with two attached hydrogens (primary N) is 1. The van der Waals surface area contributed by atoms with E-state index in [1.807, 2.05) is 6.92 Å². The summed E-state index contributed by atoms with van der Waals surface area (Å²) in [5, 5.41) is 9.24. The smallest absolute Gasteiger partial charge is 0.247 e. The number of aromatic amines is 1. The van der Waals surface area contributed by atoms with Gasteiger partial charge in [-0.15, -0.1) is 0 Å². The molecule has 0 bridgehead atoms. The average molecular weight is 321 g/mol. The van der Waals surface area contributed by atoms with E-state index < -0.39 is 10.0 Å². The fraction of sp³-hybridized carbons (Fsp3) is 0.143. The van der Waals surface area contributed by atoms with E-state index in [1.54, 1.807) is 36.5 Å². The number of H-pyrrole nitrogens is 1. The van der Waals surface area contributed by atoms with Crippen LogP contribution >= 0.6 is 0 Å². The lowest BCUT2D eigenvalue weighted by molar-refractivity contribution is 0.448. The molecule has 8 heteroatoms. The highest BCUT2D eigenvalue weighted by Gasteiger charge is 2.12. The van der Waals surface area contributed by atoms with Crippen LogP contribution in [0.25, 0.3) is 11.0 Å². The highest BCUT2D eigenvalue weighted by atomic mass is 32.2. The number of aryl methyl sites for hydroxylation is 1.